The van der Waals surface area contributed by atoms with E-state index >= 15 is 0 Å². The molecule has 0 fully saturated rings. The summed E-state index contributed by atoms with van der Waals surface area (Å²) in [6, 6.07) is 10.2. The highest BCUT2D eigenvalue weighted by atomic mass is 79.9. The van der Waals surface area contributed by atoms with E-state index in [1.807, 2.05) is 18.2 Å². The molecule has 0 radical (unpaired) electrons. The van der Waals surface area contributed by atoms with Crippen molar-refractivity contribution in [2.45, 2.75) is 12.5 Å². The lowest BCUT2D eigenvalue weighted by atomic mass is 9.98. The monoisotopic (exact) mass is 416 g/mol. The highest BCUT2D eigenvalue weighted by molar-refractivity contribution is 9.10. The molecule has 0 amide bonds. The number of rotatable bonds is 5. The molecule has 3 N–H and O–H groups in total. The van der Waals surface area contributed by atoms with E-state index in [1.54, 1.807) is 19.2 Å². The van der Waals surface area contributed by atoms with Crippen molar-refractivity contribution < 1.29 is 9.13 Å². The quantitative estimate of drug-likeness (QED) is 0.568. The molecule has 0 heterocycles. The highest BCUT2D eigenvalue weighted by Gasteiger charge is 2.19. The molecule has 0 spiro atoms. The molecule has 6 heteroatoms. The average Bonchev–Trinajstić information content (AvgIpc) is 2.46. The van der Waals surface area contributed by atoms with Gasteiger partial charge >= 0.3 is 0 Å². The van der Waals surface area contributed by atoms with E-state index in [0.29, 0.717) is 16.5 Å². The molecule has 0 saturated heterocycles. The first-order valence-electron chi connectivity index (χ1n) is 6.29. The first-order chi connectivity index (χ1) is 10.1. The van der Waals surface area contributed by atoms with E-state index in [4.69, 9.17) is 10.6 Å². The van der Waals surface area contributed by atoms with Crippen LogP contribution < -0.4 is 16.0 Å². The third-order valence-corrected chi connectivity index (χ3v) is 4.40. The molecule has 0 saturated carbocycles. The molecule has 1 atom stereocenters. The van der Waals surface area contributed by atoms with Crippen LogP contribution in [0.1, 0.15) is 17.2 Å². The number of nitrogens with one attached hydrogen (secondary N) is 1. The maximum absolute atomic E-state index is 14.1. The Labute approximate surface area is 139 Å². The molecule has 2 rings (SSSR count). The van der Waals surface area contributed by atoms with Crippen LogP contribution in [0.4, 0.5) is 4.39 Å². The molecule has 0 aliphatic carbocycles. The van der Waals surface area contributed by atoms with Crippen LogP contribution in [0.25, 0.3) is 0 Å². The Morgan fingerprint density at radius 2 is 2.05 bits per heavy atom. The van der Waals surface area contributed by atoms with Gasteiger partial charge in [0.15, 0.2) is 0 Å². The number of nitrogens with two attached hydrogens (primary N) is 1. The van der Waals surface area contributed by atoms with Crippen LogP contribution in [0.3, 0.4) is 0 Å². The molecular weight excluding hydrogens is 403 g/mol. The van der Waals surface area contributed by atoms with Crippen molar-refractivity contribution in [3.05, 3.63) is 62.3 Å². The molecule has 0 bridgehead atoms. The fraction of sp³-hybridized carbons (Fsp3) is 0.200. The van der Waals surface area contributed by atoms with Crippen molar-refractivity contribution >= 4 is 31.9 Å². The van der Waals surface area contributed by atoms with Crippen LogP contribution in [0.2, 0.25) is 0 Å². The molecule has 2 aromatic rings. The third-order valence-electron chi connectivity index (χ3n) is 3.22. The Hall–Kier alpha value is -0.950. The zero-order valence-corrected chi connectivity index (χ0v) is 14.5. The van der Waals surface area contributed by atoms with Crippen LogP contribution in [-0.4, -0.2) is 7.11 Å². The van der Waals surface area contributed by atoms with Gasteiger partial charge in [0.05, 0.1) is 13.2 Å². The second-order valence-corrected chi connectivity index (χ2v) is 6.28. The van der Waals surface area contributed by atoms with Gasteiger partial charge in [-0.05, 0) is 42.3 Å². The van der Waals surface area contributed by atoms with Crippen LogP contribution in [-0.2, 0) is 6.42 Å². The molecule has 0 aliphatic rings. The van der Waals surface area contributed by atoms with Crippen molar-refractivity contribution in [3.63, 3.8) is 0 Å². The Kier molecular flexibility index (Phi) is 5.75. The molecule has 2 aromatic carbocycles. The van der Waals surface area contributed by atoms with Crippen molar-refractivity contribution in [1.29, 1.82) is 0 Å². The van der Waals surface area contributed by atoms with Crippen LogP contribution in [0.15, 0.2) is 45.3 Å². The lowest BCUT2D eigenvalue weighted by Gasteiger charge is -2.20. The zero-order valence-electron chi connectivity index (χ0n) is 11.4. The summed E-state index contributed by atoms with van der Waals surface area (Å²) in [4.78, 5) is 0. The van der Waals surface area contributed by atoms with E-state index in [1.165, 1.54) is 6.07 Å². The van der Waals surface area contributed by atoms with Gasteiger partial charge in [-0.2, -0.15) is 0 Å². The number of methoxy groups -OCH3 is 1. The maximum atomic E-state index is 14.1. The molecule has 0 aliphatic heterocycles. The van der Waals surface area contributed by atoms with Crippen LogP contribution in [0, 0.1) is 5.82 Å². The minimum absolute atomic E-state index is 0.304. The van der Waals surface area contributed by atoms with Gasteiger partial charge < -0.3 is 4.74 Å². The first-order valence-corrected chi connectivity index (χ1v) is 7.88. The Morgan fingerprint density at radius 1 is 1.29 bits per heavy atom. The molecule has 21 heavy (non-hydrogen) atoms. The van der Waals surface area contributed by atoms with Crippen molar-refractivity contribution in [2.75, 3.05) is 7.11 Å². The van der Waals surface area contributed by atoms with E-state index in [-0.39, 0.29) is 11.9 Å². The SMILES string of the molecule is COc1ccc(Br)cc1CC(NN)c1c(F)cccc1Br. The fourth-order valence-corrected chi connectivity index (χ4v) is 3.24. The summed E-state index contributed by atoms with van der Waals surface area (Å²) in [6.45, 7) is 0. The normalized spacial score (nSPS) is 12.2. The van der Waals surface area contributed by atoms with E-state index in [9.17, 15) is 4.39 Å². The minimum Gasteiger partial charge on any atom is -0.496 e. The van der Waals surface area contributed by atoms with Gasteiger partial charge in [-0.15, -0.1) is 0 Å². The summed E-state index contributed by atoms with van der Waals surface area (Å²) < 4.78 is 21.0. The zero-order chi connectivity index (χ0) is 15.4. The second-order valence-electron chi connectivity index (χ2n) is 4.51. The van der Waals surface area contributed by atoms with Gasteiger partial charge in [0.2, 0.25) is 0 Å². The average molecular weight is 418 g/mol. The first kappa shape index (κ1) is 16.4. The Morgan fingerprint density at radius 3 is 2.67 bits per heavy atom. The van der Waals surface area contributed by atoms with E-state index in [2.05, 4.69) is 37.3 Å². The lowest BCUT2D eigenvalue weighted by Crippen LogP contribution is -2.30. The smallest absolute Gasteiger partial charge is 0.129 e. The van der Waals surface area contributed by atoms with Gasteiger partial charge in [0.1, 0.15) is 11.6 Å². The van der Waals surface area contributed by atoms with Crippen molar-refractivity contribution in [1.82, 2.24) is 5.43 Å². The van der Waals surface area contributed by atoms with Gasteiger partial charge in [0.25, 0.3) is 0 Å². The Balaban J connectivity index is 2.38. The number of ether oxygens (including phenoxy) is 1. The highest BCUT2D eigenvalue weighted by Crippen LogP contribution is 2.32. The topological polar surface area (TPSA) is 47.3 Å². The molecule has 1 unspecified atom stereocenters. The summed E-state index contributed by atoms with van der Waals surface area (Å²) in [7, 11) is 1.61. The molecule has 112 valence electrons. The van der Waals surface area contributed by atoms with Gasteiger partial charge in [-0.25, -0.2) is 4.39 Å². The summed E-state index contributed by atoms with van der Waals surface area (Å²) in [6.07, 6.45) is 0.499. The molecular formula is C15H15Br2FN2O. The lowest BCUT2D eigenvalue weighted by molar-refractivity contribution is 0.404. The van der Waals surface area contributed by atoms with Crippen LogP contribution in [0.5, 0.6) is 5.75 Å². The van der Waals surface area contributed by atoms with Crippen molar-refractivity contribution in [2.24, 2.45) is 5.84 Å². The third kappa shape index (κ3) is 3.83. The van der Waals surface area contributed by atoms with Gasteiger partial charge in [-0.1, -0.05) is 37.9 Å². The number of hydrogen-bond donors (Lipinski definition) is 2. The minimum atomic E-state index is -0.372. The second kappa shape index (κ2) is 7.35. The summed E-state index contributed by atoms with van der Waals surface area (Å²) >= 11 is 6.81. The molecule has 0 aromatic heterocycles. The number of hydrogen-bond acceptors (Lipinski definition) is 3. The molecule has 3 nitrogen and oxygen atoms in total. The predicted molar refractivity (Wildman–Crippen MR) is 88.6 cm³/mol. The summed E-state index contributed by atoms with van der Waals surface area (Å²) in [5.74, 6) is 6.07. The van der Waals surface area contributed by atoms with E-state index < -0.39 is 0 Å². The predicted octanol–water partition coefficient (Wildman–Crippen LogP) is 4.11. The van der Waals surface area contributed by atoms with Gasteiger partial charge in [0, 0.05) is 14.5 Å². The standard InChI is InChI=1S/C15H15Br2FN2O/c1-21-14-6-5-10(16)7-9(14)8-13(20-19)15-11(17)3-2-4-12(15)18/h2-7,13,20H,8,19H2,1H3. The number of hydrazine groups is 1. The summed E-state index contributed by atoms with van der Waals surface area (Å²) in [5.41, 5.74) is 4.12. The Bertz CT molecular complexity index is 617. The number of benzene rings is 2. The van der Waals surface area contributed by atoms with E-state index in [0.717, 1.165) is 15.8 Å². The van der Waals surface area contributed by atoms with Gasteiger partial charge in [-0.3, -0.25) is 11.3 Å². The number of halogens is 3. The largest absolute Gasteiger partial charge is 0.496 e. The van der Waals surface area contributed by atoms with Crippen molar-refractivity contribution in [3.8, 4) is 5.75 Å². The maximum Gasteiger partial charge on any atom is 0.129 e. The van der Waals surface area contributed by atoms with Crippen LogP contribution >= 0.6 is 31.9 Å². The fourth-order valence-electron chi connectivity index (χ4n) is 2.21. The summed E-state index contributed by atoms with van der Waals surface area (Å²) in [5, 5.41) is 0.